The quantitative estimate of drug-likeness (QED) is 0.621. The average Bonchev–Trinajstić information content (AvgIpc) is 2.36. The maximum Gasteiger partial charge on any atom is 0.338 e. The minimum atomic E-state index is -0.852. The topological polar surface area (TPSA) is 66.6 Å². The Morgan fingerprint density at radius 1 is 1.83 bits per heavy atom. The van der Waals surface area contributed by atoms with Gasteiger partial charge in [0.05, 0.1) is 6.54 Å². The largest absolute Gasteiger partial charge is 0.350 e. The summed E-state index contributed by atoms with van der Waals surface area (Å²) < 4.78 is 0.868. The smallest absolute Gasteiger partial charge is 0.338 e. The molecule has 0 fully saturated rings. The van der Waals surface area contributed by atoms with E-state index in [9.17, 15) is 4.79 Å². The Hall–Kier alpha value is -0.590. The summed E-state index contributed by atoms with van der Waals surface area (Å²) in [4.78, 5) is 11.3. The summed E-state index contributed by atoms with van der Waals surface area (Å²) in [5.74, 6) is 0. The number of amides is 2. The molecule has 2 amide bonds. The SMILES string of the molecule is NC(=O)N(O)Cc1sccc1Br. The lowest BCUT2D eigenvalue weighted by Crippen LogP contribution is -2.31. The third-order valence-electron chi connectivity index (χ3n) is 1.24. The number of carbonyl (C=O) groups is 1. The Kier molecular flexibility index (Phi) is 3.07. The van der Waals surface area contributed by atoms with Gasteiger partial charge in [-0.3, -0.25) is 5.21 Å². The van der Waals surface area contributed by atoms with Crippen LogP contribution in [0, 0.1) is 0 Å². The number of thiophene rings is 1. The van der Waals surface area contributed by atoms with Gasteiger partial charge in [0.15, 0.2) is 0 Å². The second-order valence-electron chi connectivity index (χ2n) is 2.09. The van der Waals surface area contributed by atoms with Crippen molar-refractivity contribution in [2.24, 2.45) is 5.73 Å². The van der Waals surface area contributed by atoms with Crippen LogP contribution in [-0.4, -0.2) is 16.3 Å². The molecule has 4 nitrogen and oxygen atoms in total. The number of primary amides is 1. The first-order valence-electron chi connectivity index (χ1n) is 3.09. The van der Waals surface area contributed by atoms with Crippen LogP contribution in [0.3, 0.4) is 0 Å². The highest BCUT2D eigenvalue weighted by atomic mass is 79.9. The van der Waals surface area contributed by atoms with Gasteiger partial charge < -0.3 is 5.73 Å². The van der Waals surface area contributed by atoms with Crippen molar-refractivity contribution in [1.29, 1.82) is 0 Å². The highest BCUT2D eigenvalue weighted by Gasteiger charge is 2.09. The fourth-order valence-electron chi connectivity index (χ4n) is 0.652. The van der Waals surface area contributed by atoms with Crippen LogP contribution in [0.4, 0.5) is 4.79 Å². The maximum atomic E-state index is 10.4. The van der Waals surface area contributed by atoms with Gasteiger partial charge in [-0.15, -0.1) is 11.3 Å². The molecule has 0 aliphatic carbocycles. The van der Waals surface area contributed by atoms with Crippen LogP contribution in [0.15, 0.2) is 15.9 Å². The molecule has 0 aromatic carbocycles. The zero-order chi connectivity index (χ0) is 9.14. The summed E-state index contributed by atoms with van der Waals surface area (Å²) in [5.41, 5.74) is 4.83. The Labute approximate surface area is 81.7 Å². The Balaban J connectivity index is 2.64. The van der Waals surface area contributed by atoms with E-state index in [1.54, 1.807) is 0 Å². The van der Waals surface area contributed by atoms with E-state index >= 15 is 0 Å². The van der Waals surface area contributed by atoms with Gasteiger partial charge in [0.2, 0.25) is 0 Å². The molecule has 1 aromatic heterocycles. The third-order valence-corrected chi connectivity index (χ3v) is 3.15. The fourth-order valence-corrected chi connectivity index (χ4v) is 2.11. The van der Waals surface area contributed by atoms with Crippen molar-refractivity contribution in [3.63, 3.8) is 0 Å². The van der Waals surface area contributed by atoms with Crippen molar-refractivity contribution < 1.29 is 10.0 Å². The highest BCUT2D eigenvalue weighted by Crippen LogP contribution is 2.23. The number of hydroxylamine groups is 2. The minimum absolute atomic E-state index is 0.119. The van der Waals surface area contributed by atoms with Gasteiger partial charge in [0.25, 0.3) is 0 Å². The van der Waals surface area contributed by atoms with Crippen molar-refractivity contribution in [3.05, 3.63) is 20.8 Å². The van der Waals surface area contributed by atoms with Crippen LogP contribution < -0.4 is 5.73 Å². The molecular weight excluding hydrogens is 244 g/mol. The summed E-state index contributed by atoms with van der Waals surface area (Å²) in [6.07, 6.45) is 0. The van der Waals surface area contributed by atoms with Crippen LogP contribution in [0.2, 0.25) is 0 Å². The summed E-state index contributed by atoms with van der Waals surface area (Å²) in [5, 5.41) is 11.3. The molecule has 0 atom stereocenters. The van der Waals surface area contributed by atoms with Gasteiger partial charge in [-0.1, -0.05) is 0 Å². The summed E-state index contributed by atoms with van der Waals surface area (Å²) in [6, 6.07) is 0.991. The number of carbonyl (C=O) groups excluding carboxylic acids is 1. The van der Waals surface area contributed by atoms with E-state index in [0.29, 0.717) is 5.06 Å². The van der Waals surface area contributed by atoms with Crippen molar-refractivity contribution in [2.75, 3.05) is 0 Å². The van der Waals surface area contributed by atoms with Gasteiger partial charge in [-0.05, 0) is 27.4 Å². The second kappa shape index (κ2) is 3.88. The molecule has 66 valence electrons. The Morgan fingerprint density at radius 2 is 2.50 bits per heavy atom. The number of rotatable bonds is 2. The molecule has 0 radical (unpaired) electrons. The van der Waals surface area contributed by atoms with E-state index in [4.69, 9.17) is 10.9 Å². The molecule has 0 saturated carbocycles. The molecule has 0 aliphatic heterocycles. The van der Waals surface area contributed by atoms with E-state index in [0.717, 1.165) is 9.35 Å². The van der Waals surface area contributed by atoms with Crippen molar-refractivity contribution >= 4 is 33.3 Å². The number of hydrogen-bond donors (Lipinski definition) is 2. The molecule has 0 bridgehead atoms. The lowest BCUT2D eigenvalue weighted by atomic mass is 10.4. The van der Waals surface area contributed by atoms with E-state index in [-0.39, 0.29) is 6.54 Å². The second-order valence-corrected chi connectivity index (χ2v) is 3.94. The molecule has 0 saturated heterocycles. The molecular formula is C6H7BrN2O2S. The molecule has 6 heteroatoms. The molecule has 1 aromatic rings. The third kappa shape index (κ3) is 2.20. The standard InChI is InChI=1S/C6H7BrN2O2S/c7-4-1-2-12-5(4)3-9(11)6(8)10/h1-2,11H,3H2,(H2,8,10). The van der Waals surface area contributed by atoms with E-state index < -0.39 is 6.03 Å². The lowest BCUT2D eigenvalue weighted by Gasteiger charge is -2.10. The number of nitrogens with two attached hydrogens (primary N) is 1. The van der Waals surface area contributed by atoms with Crippen molar-refractivity contribution in [1.82, 2.24) is 5.06 Å². The van der Waals surface area contributed by atoms with Crippen LogP contribution in [0.1, 0.15) is 4.88 Å². The molecule has 1 rings (SSSR count). The maximum absolute atomic E-state index is 10.4. The van der Waals surface area contributed by atoms with Gasteiger partial charge in [-0.25, -0.2) is 9.86 Å². The first-order valence-corrected chi connectivity index (χ1v) is 4.76. The first-order chi connectivity index (χ1) is 5.61. The normalized spacial score (nSPS) is 9.83. The molecule has 1 heterocycles. The van der Waals surface area contributed by atoms with Crippen LogP contribution in [0.5, 0.6) is 0 Å². The zero-order valence-corrected chi connectivity index (χ0v) is 8.43. The van der Waals surface area contributed by atoms with Gasteiger partial charge in [0.1, 0.15) is 0 Å². The summed E-state index contributed by atoms with van der Waals surface area (Å²) in [7, 11) is 0. The van der Waals surface area contributed by atoms with E-state index in [2.05, 4.69) is 15.9 Å². The van der Waals surface area contributed by atoms with E-state index in [1.807, 2.05) is 11.4 Å². The predicted octanol–water partition coefficient (Wildman–Crippen LogP) is 1.78. The van der Waals surface area contributed by atoms with Gasteiger partial charge >= 0.3 is 6.03 Å². The van der Waals surface area contributed by atoms with Crippen LogP contribution in [-0.2, 0) is 6.54 Å². The Morgan fingerprint density at radius 3 is 2.92 bits per heavy atom. The number of urea groups is 1. The molecule has 0 spiro atoms. The fraction of sp³-hybridized carbons (Fsp3) is 0.167. The number of hydrogen-bond acceptors (Lipinski definition) is 3. The number of halogens is 1. The number of nitrogens with zero attached hydrogens (tertiary/aromatic N) is 1. The van der Waals surface area contributed by atoms with Crippen molar-refractivity contribution in [3.8, 4) is 0 Å². The predicted molar refractivity (Wildman–Crippen MR) is 48.9 cm³/mol. The summed E-state index contributed by atoms with van der Waals surface area (Å²) >= 11 is 4.70. The van der Waals surface area contributed by atoms with Crippen LogP contribution in [0.25, 0.3) is 0 Å². The first kappa shape index (κ1) is 9.50. The zero-order valence-electron chi connectivity index (χ0n) is 6.03. The van der Waals surface area contributed by atoms with Crippen molar-refractivity contribution in [2.45, 2.75) is 6.54 Å². The van der Waals surface area contributed by atoms with Crippen LogP contribution >= 0.6 is 27.3 Å². The molecule has 12 heavy (non-hydrogen) atoms. The monoisotopic (exact) mass is 250 g/mol. The molecule has 0 aliphatic rings. The Bertz CT molecular complexity index is 289. The average molecular weight is 251 g/mol. The minimum Gasteiger partial charge on any atom is -0.350 e. The highest BCUT2D eigenvalue weighted by molar-refractivity contribution is 9.10. The van der Waals surface area contributed by atoms with Gasteiger partial charge in [0, 0.05) is 9.35 Å². The molecule has 0 unspecified atom stereocenters. The molecule has 3 N–H and O–H groups in total. The summed E-state index contributed by atoms with van der Waals surface area (Å²) in [6.45, 7) is 0.119. The van der Waals surface area contributed by atoms with E-state index in [1.165, 1.54) is 11.3 Å². The van der Waals surface area contributed by atoms with Gasteiger partial charge in [-0.2, -0.15) is 0 Å². The lowest BCUT2D eigenvalue weighted by molar-refractivity contribution is -0.0464.